The van der Waals surface area contributed by atoms with Crippen molar-refractivity contribution in [1.29, 1.82) is 0 Å². The van der Waals surface area contributed by atoms with Gasteiger partial charge in [-0.2, -0.15) is 0 Å². The zero-order valence-electron chi connectivity index (χ0n) is 14.8. The van der Waals surface area contributed by atoms with E-state index in [4.69, 9.17) is 0 Å². The van der Waals surface area contributed by atoms with Crippen molar-refractivity contribution in [2.75, 3.05) is 5.32 Å². The number of carbonyl (C=O) groups is 1. The van der Waals surface area contributed by atoms with Gasteiger partial charge < -0.3 is 5.32 Å². The van der Waals surface area contributed by atoms with Crippen LogP contribution in [0.15, 0.2) is 55.2 Å². The minimum atomic E-state index is -0.245. The van der Waals surface area contributed by atoms with Crippen LogP contribution in [0.3, 0.4) is 0 Å². The molecule has 27 heavy (non-hydrogen) atoms. The first-order valence-electron chi connectivity index (χ1n) is 9.05. The molecule has 2 amide bonds. The Bertz CT molecular complexity index is 910. The van der Waals surface area contributed by atoms with Crippen molar-refractivity contribution in [3.8, 4) is 22.5 Å². The third kappa shape index (κ3) is 4.08. The normalized spacial score (nSPS) is 14.1. The van der Waals surface area contributed by atoms with E-state index in [-0.39, 0.29) is 12.1 Å². The van der Waals surface area contributed by atoms with Crippen LogP contribution in [-0.4, -0.2) is 32.0 Å². The van der Waals surface area contributed by atoms with Gasteiger partial charge in [-0.15, -0.1) is 0 Å². The van der Waals surface area contributed by atoms with Crippen molar-refractivity contribution in [3.63, 3.8) is 0 Å². The van der Waals surface area contributed by atoms with Crippen LogP contribution in [0, 0.1) is 0 Å². The monoisotopic (exact) mass is 360 g/mol. The summed E-state index contributed by atoms with van der Waals surface area (Å²) in [4.78, 5) is 29.7. The second-order valence-electron chi connectivity index (χ2n) is 6.51. The summed E-state index contributed by atoms with van der Waals surface area (Å²) in [7, 11) is 0. The maximum absolute atomic E-state index is 12.3. The Morgan fingerprint density at radius 2 is 1.74 bits per heavy atom. The van der Waals surface area contributed by atoms with Gasteiger partial charge in [0.05, 0.1) is 11.9 Å². The average Bonchev–Trinajstić information content (AvgIpc) is 3.22. The summed E-state index contributed by atoms with van der Waals surface area (Å²) in [5, 5.41) is 5.80. The first-order valence-corrected chi connectivity index (χ1v) is 9.05. The first kappa shape index (κ1) is 17.1. The van der Waals surface area contributed by atoms with E-state index in [1.54, 1.807) is 31.0 Å². The van der Waals surface area contributed by atoms with Gasteiger partial charge in [0, 0.05) is 42.0 Å². The summed E-state index contributed by atoms with van der Waals surface area (Å²) in [5.74, 6) is 0.405. The Kier molecular flexibility index (Phi) is 5.00. The summed E-state index contributed by atoms with van der Waals surface area (Å²) < 4.78 is 0. The van der Waals surface area contributed by atoms with Crippen LogP contribution in [-0.2, 0) is 0 Å². The third-order valence-electron chi connectivity index (χ3n) is 4.59. The molecule has 7 heteroatoms. The number of rotatable bonds is 4. The summed E-state index contributed by atoms with van der Waals surface area (Å²) in [6.07, 6.45) is 12.8. The summed E-state index contributed by atoms with van der Waals surface area (Å²) in [5.41, 5.74) is 3.11. The molecule has 7 nitrogen and oxygen atoms in total. The fourth-order valence-corrected chi connectivity index (χ4v) is 3.28. The fourth-order valence-electron chi connectivity index (χ4n) is 3.28. The van der Waals surface area contributed by atoms with E-state index in [1.165, 1.54) is 0 Å². The van der Waals surface area contributed by atoms with Crippen LogP contribution in [0.4, 0.5) is 10.6 Å². The maximum Gasteiger partial charge on any atom is 0.320 e. The predicted octanol–water partition coefficient (Wildman–Crippen LogP) is 3.66. The number of aromatic nitrogens is 4. The van der Waals surface area contributed by atoms with E-state index in [9.17, 15) is 4.79 Å². The molecule has 0 saturated heterocycles. The fraction of sp³-hybridized carbons (Fsp3) is 0.250. The molecule has 1 fully saturated rings. The quantitative estimate of drug-likeness (QED) is 0.740. The van der Waals surface area contributed by atoms with Gasteiger partial charge in [0.2, 0.25) is 0 Å². The molecular weight excluding hydrogens is 340 g/mol. The van der Waals surface area contributed by atoms with Crippen LogP contribution >= 0.6 is 0 Å². The van der Waals surface area contributed by atoms with E-state index < -0.39 is 0 Å². The van der Waals surface area contributed by atoms with Crippen molar-refractivity contribution >= 4 is 11.8 Å². The summed E-state index contributed by atoms with van der Waals surface area (Å²) in [6.45, 7) is 0. The molecule has 0 aromatic carbocycles. The lowest BCUT2D eigenvalue weighted by Crippen LogP contribution is -2.36. The molecule has 0 radical (unpaired) electrons. The van der Waals surface area contributed by atoms with Gasteiger partial charge in [-0.05, 0) is 37.1 Å². The highest BCUT2D eigenvalue weighted by Crippen LogP contribution is 2.29. The molecule has 136 valence electrons. The minimum Gasteiger partial charge on any atom is -0.335 e. The number of nitrogens with zero attached hydrogens (tertiary/aromatic N) is 4. The molecule has 0 unspecified atom stereocenters. The third-order valence-corrected chi connectivity index (χ3v) is 4.59. The van der Waals surface area contributed by atoms with E-state index in [0.29, 0.717) is 17.2 Å². The Morgan fingerprint density at radius 1 is 0.926 bits per heavy atom. The number of carbonyl (C=O) groups excluding carboxylic acids is 1. The molecule has 3 aromatic rings. The van der Waals surface area contributed by atoms with Crippen molar-refractivity contribution in [2.24, 2.45) is 0 Å². The van der Waals surface area contributed by atoms with Gasteiger partial charge >= 0.3 is 6.03 Å². The molecule has 0 bridgehead atoms. The van der Waals surface area contributed by atoms with Crippen LogP contribution in [0.2, 0.25) is 0 Å². The standard InChI is InChI=1S/C20H20N6O/c27-20(24-16-5-1-2-6-16)26-17-13-23-18(14-7-10-21-11-8-14)19(25-17)15-4-3-9-22-12-15/h3-4,7-13,16H,1-2,5-6H2,(H2,24,25,26,27). The Morgan fingerprint density at radius 3 is 2.48 bits per heavy atom. The minimum absolute atomic E-state index is 0.242. The highest BCUT2D eigenvalue weighted by Gasteiger charge is 2.18. The van der Waals surface area contributed by atoms with Crippen molar-refractivity contribution in [2.45, 2.75) is 31.7 Å². The molecule has 1 aliphatic carbocycles. The average molecular weight is 360 g/mol. The zero-order valence-corrected chi connectivity index (χ0v) is 14.8. The molecule has 4 rings (SSSR count). The molecule has 3 heterocycles. The predicted molar refractivity (Wildman–Crippen MR) is 103 cm³/mol. The SMILES string of the molecule is O=C(Nc1cnc(-c2ccncc2)c(-c2cccnc2)n1)NC1CCCC1. The number of nitrogens with one attached hydrogen (secondary N) is 2. The van der Waals surface area contributed by atoms with Crippen LogP contribution in [0.5, 0.6) is 0 Å². The first-order chi connectivity index (χ1) is 13.3. The largest absolute Gasteiger partial charge is 0.335 e. The Labute approximate surface area is 157 Å². The van der Waals surface area contributed by atoms with Crippen LogP contribution in [0.1, 0.15) is 25.7 Å². The van der Waals surface area contributed by atoms with Gasteiger partial charge in [0.15, 0.2) is 5.82 Å². The number of hydrogen-bond acceptors (Lipinski definition) is 5. The number of urea groups is 1. The zero-order chi connectivity index (χ0) is 18.5. The highest BCUT2D eigenvalue weighted by molar-refractivity contribution is 5.89. The molecule has 1 aliphatic rings. The van der Waals surface area contributed by atoms with Gasteiger partial charge in [0.1, 0.15) is 5.69 Å². The molecule has 1 saturated carbocycles. The van der Waals surface area contributed by atoms with Crippen molar-refractivity contribution in [1.82, 2.24) is 25.3 Å². The molecular formula is C20H20N6O. The Balaban J connectivity index is 1.63. The summed E-state index contributed by atoms with van der Waals surface area (Å²) >= 11 is 0. The van der Waals surface area contributed by atoms with E-state index >= 15 is 0 Å². The van der Waals surface area contributed by atoms with Gasteiger partial charge in [-0.1, -0.05) is 12.8 Å². The van der Waals surface area contributed by atoms with E-state index in [1.807, 2.05) is 24.3 Å². The Hall–Kier alpha value is -3.35. The topological polar surface area (TPSA) is 92.7 Å². The highest BCUT2D eigenvalue weighted by atomic mass is 16.2. The maximum atomic E-state index is 12.3. The van der Waals surface area contributed by atoms with Gasteiger partial charge in [-0.25, -0.2) is 9.78 Å². The van der Waals surface area contributed by atoms with Gasteiger partial charge in [-0.3, -0.25) is 20.3 Å². The number of anilines is 1. The molecule has 2 N–H and O–H groups in total. The lowest BCUT2D eigenvalue weighted by atomic mass is 10.1. The number of pyridine rings is 2. The number of amides is 2. The number of hydrogen-bond donors (Lipinski definition) is 2. The lowest BCUT2D eigenvalue weighted by Gasteiger charge is -2.14. The van der Waals surface area contributed by atoms with E-state index in [2.05, 4.69) is 30.6 Å². The van der Waals surface area contributed by atoms with Gasteiger partial charge in [0.25, 0.3) is 0 Å². The molecule has 0 aliphatic heterocycles. The smallest absolute Gasteiger partial charge is 0.320 e. The molecule has 0 atom stereocenters. The lowest BCUT2D eigenvalue weighted by molar-refractivity contribution is 0.248. The molecule has 0 spiro atoms. The van der Waals surface area contributed by atoms with Crippen LogP contribution < -0.4 is 10.6 Å². The van der Waals surface area contributed by atoms with E-state index in [0.717, 1.165) is 36.8 Å². The van der Waals surface area contributed by atoms with Crippen molar-refractivity contribution in [3.05, 3.63) is 55.2 Å². The summed E-state index contributed by atoms with van der Waals surface area (Å²) in [6, 6.07) is 7.52. The molecule has 3 aromatic heterocycles. The van der Waals surface area contributed by atoms with Crippen LogP contribution in [0.25, 0.3) is 22.5 Å². The second-order valence-corrected chi connectivity index (χ2v) is 6.51. The second kappa shape index (κ2) is 7.90. The van der Waals surface area contributed by atoms with Crippen molar-refractivity contribution < 1.29 is 4.79 Å².